The Hall–Kier alpha value is -1.48. The lowest BCUT2D eigenvalue weighted by Gasteiger charge is -2.41. The highest BCUT2D eigenvalue weighted by atomic mass is 32.2. The molecule has 0 radical (unpaired) electrons. The summed E-state index contributed by atoms with van der Waals surface area (Å²) in [5.74, 6) is 0.782. The molecule has 128 valence electrons. The van der Waals surface area contributed by atoms with Gasteiger partial charge in [0.2, 0.25) is 11.8 Å². The van der Waals surface area contributed by atoms with Crippen LogP contribution in [-0.2, 0) is 24.8 Å². The molecule has 2 aliphatic heterocycles. The summed E-state index contributed by atoms with van der Waals surface area (Å²) in [6.07, 6.45) is 2.51. The van der Waals surface area contributed by atoms with Gasteiger partial charge in [-0.15, -0.1) is 0 Å². The quantitative estimate of drug-likeness (QED) is 0.762. The number of hydrogen-bond acceptors (Lipinski definition) is 7. The van der Waals surface area contributed by atoms with Crippen molar-refractivity contribution in [2.45, 2.75) is 37.7 Å². The number of nitrogens with zero attached hydrogens (tertiary/aromatic N) is 3. The Morgan fingerprint density at radius 2 is 2.26 bits per heavy atom. The van der Waals surface area contributed by atoms with Crippen LogP contribution in [-0.4, -0.2) is 67.2 Å². The fourth-order valence-corrected chi connectivity index (χ4v) is 3.94. The van der Waals surface area contributed by atoms with Crippen LogP contribution in [0.5, 0.6) is 0 Å². The minimum absolute atomic E-state index is 0.00327. The van der Waals surface area contributed by atoms with E-state index in [0.717, 1.165) is 12.7 Å². The van der Waals surface area contributed by atoms with E-state index in [9.17, 15) is 13.2 Å². The van der Waals surface area contributed by atoms with Crippen LogP contribution >= 0.6 is 0 Å². The van der Waals surface area contributed by atoms with E-state index >= 15 is 0 Å². The first-order chi connectivity index (χ1) is 10.8. The monoisotopic (exact) mass is 343 g/mol. The first-order valence-corrected chi connectivity index (χ1v) is 9.74. The highest BCUT2D eigenvalue weighted by molar-refractivity contribution is 7.90. The SMILES string of the molecule is Cc1noc([C@@]23CCO[C@@H]2CCN(C(=O)CCS(C)(=O)=O)C3)n1. The second kappa shape index (κ2) is 5.86. The Labute approximate surface area is 135 Å². The van der Waals surface area contributed by atoms with Crippen LogP contribution in [0.15, 0.2) is 4.52 Å². The van der Waals surface area contributed by atoms with Gasteiger partial charge >= 0.3 is 0 Å². The van der Waals surface area contributed by atoms with E-state index in [1.807, 2.05) is 0 Å². The molecule has 2 fully saturated rings. The average molecular weight is 343 g/mol. The summed E-state index contributed by atoms with van der Waals surface area (Å²) in [5, 5.41) is 3.86. The highest BCUT2D eigenvalue weighted by Crippen LogP contribution is 2.42. The predicted octanol–water partition coefficient (Wildman–Crippen LogP) is 0.0717. The summed E-state index contributed by atoms with van der Waals surface area (Å²) in [7, 11) is -3.15. The lowest BCUT2D eigenvalue weighted by atomic mass is 9.76. The van der Waals surface area contributed by atoms with Gasteiger partial charge in [0.05, 0.1) is 17.3 Å². The number of fused-ring (bicyclic) bond motifs is 1. The highest BCUT2D eigenvalue weighted by Gasteiger charge is 2.53. The molecule has 0 spiro atoms. The number of carbonyl (C=O) groups excluding carboxylic acids is 1. The van der Waals surface area contributed by atoms with Crippen LogP contribution in [0.4, 0.5) is 0 Å². The number of carbonyl (C=O) groups is 1. The lowest BCUT2D eigenvalue weighted by molar-refractivity contribution is -0.135. The number of rotatable bonds is 4. The van der Waals surface area contributed by atoms with E-state index in [4.69, 9.17) is 9.26 Å². The van der Waals surface area contributed by atoms with Crippen molar-refractivity contribution in [3.63, 3.8) is 0 Å². The fourth-order valence-electron chi connectivity index (χ4n) is 3.39. The number of hydrogen-bond donors (Lipinski definition) is 0. The number of piperidine rings is 1. The fraction of sp³-hybridized carbons (Fsp3) is 0.786. The van der Waals surface area contributed by atoms with E-state index in [1.165, 1.54) is 0 Å². The molecule has 23 heavy (non-hydrogen) atoms. The minimum Gasteiger partial charge on any atom is -0.377 e. The Balaban J connectivity index is 1.78. The van der Waals surface area contributed by atoms with Gasteiger partial charge in [0.15, 0.2) is 5.82 Å². The number of amides is 1. The van der Waals surface area contributed by atoms with Crippen LogP contribution in [0, 0.1) is 6.92 Å². The molecular formula is C14H21N3O5S. The number of aryl methyl sites for hydroxylation is 1. The van der Waals surface area contributed by atoms with Gasteiger partial charge < -0.3 is 14.2 Å². The zero-order valence-corrected chi connectivity index (χ0v) is 14.1. The predicted molar refractivity (Wildman–Crippen MR) is 80.6 cm³/mol. The molecule has 1 aromatic rings. The van der Waals surface area contributed by atoms with Gasteiger partial charge in [-0.2, -0.15) is 4.98 Å². The van der Waals surface area contributed by atoms with Crippen molar-refractivity contribution in [2.75, 3.05) is 31.7 Å². The summed E-state index contributed by atoms with van der Waals surface area (Å²) < 4.78 is 33.7. The largest absolute Gasteiger partial charge is 0.377 e. The normalized spacial score (nSPS) is 27.9. The van der Waals surface area contributed by atoms with Crippen molar-refractivity contribution < 1.29 is 22.5 Å². The van der Waals surface area contributed by atoms with Crippen molar-refractivity contribution in [3.8, 4) is 0 Å². The first kappa shape index (κ1) is 16.4. The molecule has 0 aromatic carbocycles. The maximum atomic E-state index is 12.4. The van der Waals surface area contributed by atoms with Gasteiger partial charge in [-0.3, -0.25) is 4.79 Å². The van der Waals surface area contributed by atoms with Crippen molar-refractivity contribution in [3.05, 3.63) is 11.7 Å². The lowest BCUT2D eigenvalue weighted by Crippen LogP contribution is -2.54. The molecule has 2 atom stereocenters. The van der Waals surface area contributed by atoms with Crippen LogP contribution in [0.3, 0.4) is 0 Å². The molecule has 0 unspecified atom stereocenters. The van der Waals surface area contributed by atoms with Gasteiger partial charge in [0, 0.05) is 32.4 Å². The van der Waals surface area contributed by atoms with Gasteiger partial charge in [-0.25, -0.2) is 8.42 Å². The molecular weight excluding hydrogens is 322 g/mol. The van der Waals surface area contributed by atoms with Gasteiger partial charge in [-0.05, 0) is 19.8 Å². The molecule has 2 aliphatic rings. The van der Waals surface area contributed by atoms with E-state index in [0.29, 0.717) is 37.8 Å². The topological polar surface area (TPSA) is 103 Å². The van der Waals surface area contributed by atoms with E-state index in [-0.39, 0.29) is 24.2 Å². The van der Waals surface area contributed by atoms with Crippen molar-refractivity contribution in [1.29, 1.82) is 0 Å². The van der Waals surface area contributed by atoms with Crippen molar-refractivity contribution in [1.82, 2.24) is 15.0 Å². The van der Waals surface area contributed by atoms with Crippen LogP contribution < -0.4 is 0 Å². The van der Waals surface area contributed by atoms with E-state index in [2.05, 4.69) is 10.1 Å². The molecule has 0 aliphatic carbocycles. The number of ether oxygens (including phenoxy) is 1. The Kier molecular flexibility index (Phi) is 4.18. The summed E-state index contributed by atoms with van der Waals surface area (Å²) in [5.41, 5.74) is -0.472. The Morgan fingerprint density at radius 3 is 2.91 bits per heavy atom. The average Bonchev–Trinajstić information content (AvgIpc) is 3.09. The van der Waals surface area contributed by atoms with E-state index in [1.54, 1.807) is 11.8 Å². The summed E-state index contributed by atoms with van der Waals surface area (Å²) in [4.78, 5) is 18.4. The van der Waals surface area contributed by atoms with Gasteiger partial charge in [0.1, 0.15) is 9.84 Å². The molecule has 1 amide bonds. The molecule has 0 saturated carbocycles. The first-order valence-electron chi connectivity index (χ1n) is 7.68. The van der Waals surface area contributed by atoms with Gasteiger partial charge in [0.25, 0.3) is 0 Å². The molecule has 3 heterocycles. The van der Waals surface area contributed by atoms with E-state index < -0.39 is 15.3 Å². The molecule has 2 saturated heterocycles. The number of sulfone groups is 1. The maximum Gasteiger partial charge on any atom is 0.237 e. The summed E-state index contributed by atoms with van der Waals surface area (Å²) in [6.45, 7) is 3.34. The molecule has 0 bridgehead atoms. The Morgan fingerprint density at radius 1 is 1.48 bits per heavy atom. The number of likely N-dealkylation sites (tertiary alicyclic amines) is 1. The molecule has 1 aromatic heterocycles. The summed E-state index contributed by atoms with van der Waals surface area (Å²) >= 11 is 0. The Bertz CT molecular complexity index is 701. The maximum absolute atomic E-state index is 12.4. The third-order valence-corrected chi connectivity index (χ3v) is 5.56. The standard InChI is InChI=1S/C14H21N3O5S/c1-10-15-13(22-16-10)14-5-7-21-11(14)3-6-17(9-14)12(18)4-8-23(2,19)20/h11H,3-9H2,1-2H3/t11-,14-/m1/s1. The minimum atomic E-state index is -3.15. The third-order valence-electron chi connectivity index (χ3n) is 4.61. The molecule has 0 N–H and O–H groups in total. The van der Waals surface area contributed by atoms with Crippen LogP contribution in [0.2, 0.25) is 0 Å². The van der Waals surface area contributed by atoms with Crippen molar-refractivity contribution in [2.24, 2.45) is 0 Å². The zero-order chi connectivity index (χ0) is 16.7. The second-order valence-corrected chi connectivity index (χ2v) is 8.66. The molecule has 8 nitrogen and oxygen atoms in total. The smallest absolute Gasteiger partial charge is 0.237 e. The summed E-state index contributed by atoms with van der Waals surface area (Å²) in [6, 6.07) is 0. The van der Waals surface area contributed by atoms with Crippen LogP contribution in [0.25, 0.3) is 0 Å². The number of aromatic nitrogens is 2. The molecule has 3 rings (SSSR count). The second-order valence-electron chi connectivity index (χ2n) is 6.40. The van der Waals surface area contributed by atoms with Crippen LogP contribution in [0.1, 0.15) is 31.0 Å². The third kappa shape index (κ3) is 3.25. The zero-order valence-electron chi connectivity index (χ0n) is 13.3. The van der Waals surface area contributed by atoms with Crippen molar-refractivity contribution >= 4 is 15.7 Å². The molecule has 9 heteroatoms. The van der Waals surface area contributed by atoms with Gasteiger partial charge in [-0.1, -0.05) is 5.16 Å².